The van der Waals surface area contributed by atoms with Gasteiger partial charge in [-0.2, -0.15) is 0 Å². The fourth-order valence-electron chi connectivity index (χ4n) is 2.32. The van der Waals surface area contributed by atoms with Crippen LogP contribution in [0.15, 0.2) is 61.2 Å². The van der Waals surface area contributed by atoms with Gasteiger partial charge in [-0.15, -0.1) is 6.58 Å². The van der Waals surface area contributed by atoms with E-state index in [1.165, 1.54) is 12.1 Å². The molecule has 6 heteroatoms. The number of rotatable bonds is 8. The van der Waals surface area contributed by atoms with Gasteiger partial charge in [-0.1, -0.05) is 48.2 Å². The van der Waals surface area contributed by atoms with E-state index in [4.69, 9.17) is 4.74 Å². The van der Waals surface area contributed by atoms with Gasteiger partial charge in [0.25, 0.3) is 5.69 Å². The molecule has 27 heavy (non-hydrogen) atoms. The average molecular weight is 364 g/mol. The number of nitrogens with one attached hydrogen (secondary N) is 1. The lowest BCUT2D eigenvalue weighted by atomic mass is 10.1. The second kappa shape index (κ2) is 10.4. The summed E-state index contributed by atoms with van der Waals surface area (Å²) in [5.41, 5.74) is 1.75. The Kier molecular flexibility index (Phi) is 7.61. The standard InChI is InChI=1S/C21H20N2O4/c1-2-7-18-8-3-4-9-20(18)27-15-6-5-14-22-21(24)16-17-10-12-19(13-11-17)23(25)26/h2-4,8-13H,1,7,14-16H2,(H,22,24). The van der Waals surface area contributed by atoms with Crippen molar-refractivity contribution in [2.45, 2.75) is 12.8 Å². The van der Waals surface area contributed by atoms with Gasteiger partial charge in [0.05, 0.1) is 17.9 Å². The van der Waals surface area contributed by atoms with E-state index in [0.717, 1.165) is 17.7 Å². The molecule has 0 fully saturated rings. The number of nitro benzene ring substituents is 1. The summed E-state index contributed by atoms with van der Waals surface area (Å²) in [6, 6.07) is 13.6. The number of ether oxygens (including phenoxy) is 1. The third-order valence-electron chi connectivity index (χ3n) is 3.65. The number of carbonyl (C=O) groups is 1. The number of nitro groups is 1. The van der Waals surface area contributed by atoms with Crippen LogP contribution in [0.4, 0.5) is 5.69 Å². The monoisotopic (exact) mass is 364 g/mol. The molecule has 2 aromatic carbocycles. The molecular formula is C21H20N2O4. The Hall–Kier alpha value is -3.59. The number of carbonyl (C=O) groups excluding carboxylic acids is 1. The Morgan fingerprint density at radius 2 is 1.93 bits per heavy atom. The smallest absolute Gasteiger partial charge is 0.269 e. The first-order chi connectivity index (χ1) is 13.1. The van der Waals surface area contributed by atoms with Crippen LogP contribution in [0, 0.1) is 22.0 Å². The van der Waals surface area contributed by atoms with Crippen molar-refractivity contribution in [3.8, 4) is 17.6 Å². The summed E-state index contributed by atoms with van der Waals surface area (Å²) in [6.07, 6.45) is 2.68. The van der Waals surface area contributed by atoms with Gasteiger partial charge in [0.15, 0.2) is 0 Å². The highest BCUT2D eigenvalue weighted by molar-refractivity contribution is 5.78. The van der Waals surface area contributed by atoms with Gasteiger partial charge < -0.3 is 10.1 Å². The van der Waals surface area contributed by atoms with Gasteiger partial charge in [0.2, 0.25) is 5.91 Å². The third-order valence-corrected chi connectivity index (χ3v) is 3.65. The molecule has 0 unspecified atom stereocenters. The number of benzene rings is 2. The molecule has 2 aromatic rings. The fraction of sp³-hybridized carbons (Fsp3) is 0.190. The summed E-state index contributed by atoms with van der Waals surface area (Å²) in [6.45, 7) is 4.16. The molecule has 0 saturated heterocycles. The molecule has 1 N–H and O–H groups in total. The molecule has 0 heterocycles. The molecule has 0 aliphatic heterocycles. The molecule has 0 bridgehead atoms. The predicted octanol–water partition coefficient (Wildman–Crippen LogP) is 3.06. The lowest BCUT2D eigenvalue weighted by molar-refractivity contribution is -0.384. The van der Waals surface area contributed by atoms with E-state index in [9.17, 15) is 14.9 Å². The van der Waals surface area contributed by atoms with Crippen molar-refractivity contribution >= 4 is 11.6 Å². The zero-order chi connectivity index (χ0) is 19.5. The summed E-state index contributed by atoms with van der Waals surface area (Å²) in [4.78, 5) is 22.0. The van der Waals surface area contributed by atoms with E-state index in [-0.39, 0.29) is 31.2 Å². The predicted molar refractivity (Wildman–Crippen MR) is 103 cm³/mol. The molecule has 0 aliphatic rings. The number of non-ortho nitro benzene ring substituents is 1. The first-order valence-electron chi connectivity index (χ1n) is 8.37. The van der Waals surface area contributed by atoms with E-state index in [1.807, 2.05) is 30.3 Å². The van der Waals surface area contributed by atoms with Crippen LogP contribution in [0.3, 0.4) is 0 Å². The van der Waals surface area contributed by atoms with Crippen LogP contribution in [0.5, 0.6) is 5.75 Å². The molecule has 0 saturated carbocycles. The summed E-state index contributed by atoms with van der Waals surface area (Å²) in [5.74, 6) is 6.26. The maximum atomic E-state index is 11.8. The Labute approximate surface area is 158 Å². The van der Waals surface area contributed by atoms with Gasteiger partial charge in [-0.05, 0) is 23.6 Å². The number of allylic oxidation sites excluding steroid dienone is 1. The molecule has 0 aliphatic carbocycles. The van der Waals surface area contributed by atoms with Crippen molar-refractivity contribution in [3.63, 3.8) is 0 Å². The van der Waals surface area contributed by atoms with Gasteiger partial charge in [0, 0.05) is 12.1 Å². The van der Waals surface area contributed by atoms with Gasteiger partial charge in [-0.3, -0.25) is 14.9 Å². The first kappa shape index (κ1) is 19.7. The molecule has 2 rings (SSSR count). The SMILES string of the molecule is C=CCc1ccccc1OCC#CCNC(=O)Cc1ccc([N+](=O)[O-])cc1. The summed E-state index contributed by atoms with van der Waals surface area (Å²) in [5, 5.41) is 13.3. The largest absolute Gasteiger partial charge is 0.481 e. The highest BCUT2D eigenvalue weighted by Crippen LogP contribution is 2.18. The second-order valence-corrected chi connectivity index (χ2v) is 5.62. The topological polar surface area (TPSA) is 81.5 Å². The molecule has 0 spiro atoms. The molecule has 0 atom stereocenters. The van der Waals surface area contributed by atoms with Crippen LogP contribution >= 0.6 is 0 Å². The molecular weight excluding hydrogens is 344 g/mol. The van der Waals surface area contributed by atoms with Crippen molar-refractivity contribution < 1.29 is 14.5 Å². The number of amides is 1. The maximum Gasteiger partial charge on any atom is 0.269 e. The van der Waals surface area contributed by atoms with Crippen LogP contribution in [-0.2, 0) is 17.6 Å². The van der Waals surface area contributed by atoms with E-state index in [0.29, 0.717) is 5.56 Å². The number of hydrogen-bond donors (Lipinski definition) is 1. The molecule has 1 amide bonds. The van der Waals surface area contributed by atoms with Gasteiger partial charge in [0.1, 0.15) is 12.4 Å². The van der Waals surface area contributed by atoms with Crippen LogP contribution in [0.1, 0.15) is 11.1 Å². The van der Waals surface area contributed by atoms with Crippen LogP contribution < -0.4 is 10.1 Å². The Balaban J connectivity index is 1.73. The highest BCUT2D eigenvalue weighted by atomic mass is 16.6. The summed E-state index contributed by atoms with van der Waals surface area (Å²) >= 11 is 0. The Morgan fingerprint density at radius 1 is 1.19 bits per heavy atom. The molecule has 138 valence electrons. The van der Waals surface area contributed by atoms with E-state index >= 15 is 0 Å². The minimum Gasteiger partial charge on any atom is -0.481 e. The number of para-hydroxylation sites is 1. The summed E-state index contributed by atoms with van der Waals surface area (Å²) in [7, 11) is 0. The highest BCUT2D eigenvalue weighted by Gasteiger charge is 2.06. The molecule has 6 nitrogen and oxygen atoms in total. The Bertz CT molecular complexity index is 864. The maximum absolute atomic E-state index is 11.8. The van der Waals surface area contributed by atoms with Crippen LogP contribution in [-0.4, -0.2) is 24.0 Å². The van der Waals surface area contributed by atoms with E-state index in [2.05, 4.69) is 23.7 Å². The van der Waals surface area contributed by atoms with Crippen LogP contribution in [0.25, 0.3) is 0 Å². The van der Waals surface area contributed by atoms with Crippen molar-refractivity contribution in [2.24, 2.45) is 0 Å². The van der Waals surface area contributed by atoms with E-state index in [1.54, 1.807) is 12.1 Å². The average Bonchev–Trinajstić information content (AvgIpc) is 2.66. The first-order valence-corrected chi connectivity index (χ1v) is 8.37. The van der Waals surface area contributed by atoms with Crippen molar-refractivity contribution in [1.82, 2.24) is 5.32 Å². The van der Waals surface area contributed by atoms with Crippen molar-refractivity contribution in [3.05, 3.63) is 82.4 Å². The fourth-order valence-corrected chi connectivity index (χ4v) is 2.32. The zero-order valence-electron chi connectivity index (χ0n) is 14.8. The number of hydrogen-bond acceptors (Lipinski definition) is 4. The van der Waals surface area contributed by atoms with Crippen molar-refractivity contribution in [2.75, 3.05) is 13.2 Å². The normalized spacial score (nSPS) is 9.63. The van der Waals surface area contributed by atoms with Crippen molar-refractivity contribution in [1.29, 1.82) is 0 Å². The minimum absolute atomic E-state index is 0.000288. The third kappa shape index (κ3) is 6.67. The lowest BCUT2D eigenvalue weighted by Crippen LogP contribution is -2.25. The summed E-state index contributed by atoms with van der Waals surface area (Å²) < 4.78 is 5.63. The van der Waals surface area contributed by atoms with E-state index < -0.39 is 4.92 Å². The Morgan fingerprint density at radius 3 is 2.63 bits per heavy atom. The zero-order valence-corrected chi connectivity index (χ0v) is 14.8. The lowest BCUT2D eigenvalue weighted by Gasteiger charge is -2.07. The second-order valence-electron chi connectivity index (χ2n) is 5.62. The molecule has 0 radical (unpaired) electrons. The number of nitrogens with zero attached hydrogens (tertiary/aromatic N) is 1. The van der Waals surface area contributed by atoms with Gasteiger partial charge >= 0.3 is 0 Å². The quantitative estimate of drug-likeness (QED) is 0.338. The molecule has 0 aromatic heterocycles. The van der Waals surface area contributed by atoms with Crippen LogP contribution in [0.2, 0.25) is 0 Å². The van der Waals surface area contributed by atoms with Gasteiger partial charge in [-0.25, -0.2) is 0 Å². The minimum atomic E-state index is -0.475.